The lowest BCUT2D eigenvalue weighted by Gasteiger charge is -2.20. The first kappa shape index (κ1) is 10.5. The highest BCUT2D eigenvalue weighted by Crippen LogP contribution is 2.34. The van der Waals surface area contributed by atoms with Gasteiger partial charge in [0, 0.05) is 10.1 Å². The first-order valence-corrected chi connectivity index (χ1v) is 5.22. The summed E-state index contributed by atoms with van der Waals surface area (Å²) < 4.78 is 4.91. The third-order valence-corrected chi connectivity index (χ3v) is 2.95. The fourth-order valence-electron chi connectivity index (χ4n) is 1.50. The fourth-order valence-corrected chi connectivity index (χ4v) is 2.02. The molecule has 0 radical (unpaired) electrons. The average Bonchev–Trinajstić information content (AvgIpc) is 2.20. The van der Waals surface area contributed by atoms with E-state index in [0.717, 1.165) is 0 Å². The third kappa shape index (κ3) is 2.01. The van der Waals surface area contributed by atoms with Crippen molar-refractivity contribution < 1.29 is 9.53 Å². The second-order valence-electron chi connectivity index (χ2n) is 3.17. The lowest BCUT2D eigenvalue weighted by atomic mass is 9.97. The van der Waals surface area contributed by atoms with E-state index in [4.69, 9.17) is 27.9 Å². The number of hydrogen-bond donors (Lipinski definition) is 0. The lowest BCUT2D eigenvalue weighted by molar-refractivity contribution is -0.144. The van der Waals surface area contributed by atoms with E-state index in [1.807, 2.05) is 6.07 Å². The number of ether oxygens (including phenoxy) is 1. The fraction of sp³-hybridized carbons (Fsp3) is 0.182. The number of cyclic esters (lactones) is 1. The minimum Gasteiger partial charge on any atom is -0.461 e. The summed E-state index contributed by atoms with van der Waals surface area (Å²) in [5.74, 6) is -0.926. The van der Waals surface area contributed by atoms with Gasteiger partial charge in [-0.05, 0) is 17.7 Å². The van der Waals surface area contributed by atoms with Gasteiger partial charge in [0.2, 0.25) is 0 Å². The van der Waals surface area contributed by atoms with Gasteiger partial charge >= 0.3 is 5.97 Å². The maximum atomic E-state index is 11.6. The van der Waals surface area contributed by atoms with E-state index in [1.54, 1.807) is 24.3 Å². The number of esters is 1. The zero-order valence-electron chi connectivity index (χ0n) is 7.74. The number of carbonyl (C=O) groups is 1. The Hall–Kier alpha value is -0.990. The van der Waals surface area contributed by atoms with Gasteiger partial charge in [-0.15, -0.1) is 0 Å². The normalized spacial score (nSPS) is 20.8. The van der Waals surface area contributed by atoms with Crippen molar-refractivity contribution in [3.8, 4) is 0 Å². The summed E-state index contributed by atoms with van der Waals surface area (Å²) >= 11 is 12.0. The molecule has 0 aromatic heterocycles. The van der Waals surface area contributed by atoms with Crippen LogP contribution in [0.2, 0.25) is 5.02 Å². The zero-order chi connectivity index (χ0) is 10.8. The Morgan fingerprint density at radius 1 is 1.27 bits per heavy atom. The summed E-state index contributed by atoms with van der Waals surface area (Å²) in [4.78, 5) is 11.6. The third-order valence-electron chi connectivity index (χ3n) is 2.23. The first-order valence-electron chi connectivity index (χ1n) is 4.47. The number of carbonyl (C=O) groups excluding carboxylic acids is 1. The summed E-state index contributed by atoms with van der Waals surface area (Å²) in [6, 6.07) is 7.11. The van der Waals surface area contributed by atoms with Gasteiger partial charge < -0.3 is 4.74 Å². The van der Waals surface area contributed by atoms with E-state index in [2.05, 4.69) is 0 Å². The van der Waals surface area contributed by atoms with Crippen LogP contribution in [-0.4, -0.2) is 12.6 Å². The molecule has 1 aromatic rings. The Kier molecular flexibility index (Phi) is 2.98. The molecule has 0 N–H and O–H groups in total. The van der Waals surface area contributed by atoms with Crippen LogP contribution in [0.3, 0.4) is 0 Å². The van der Waals surface area contributed by atoms with Crippen LogP contribution in [0.1, 0.15) is 11.5 Å². The van der Waals surface area contributed by atoms with E-state index in [0.29, 0.717) is 15.6 Å². The van der Waals surface area contributed by atoms with Crippen molar-refractivity contribution in [1.29, 1.82) is 0 Å². The molecule has 1 unspecified atom stereocenters. The van der Waals surface area contributed by atoms with Gasteiger partial charge in [0.25, 0.3) is 0 Å². The van der Waals surface area contributed by atoms with Gasteiger partial charge in [-0.1, -0.05) is 41.4 Å². The van der Waals surface area contributed by atoms with Gasteiger partial charge in [0.05, 0.1) is 0 Å². The monoisotopic (exact) mass is 242 g/mol. The molecule has 1 aromatic carbocycles. The minimum atomic E-state index is -0.575. The van der Waals surface area contributed by atoms with E-state index in [9.17, 15) is 4.79 Å². The van der Waals surface area contributed by atoms with Crippen LogP contribution in [0, 0.1) is 0 Å². The van der Waals surface area contributed by atoms with E-state index in [-0.39, 0.29) is 12.6 Å². The van der Waals surface area contributed by atoms with Gasteiger partial charge in [-0.2, -0.15) is 0 Å². The molecule has 15 heavy (non-hydrogen) atoms. The van der Waals surface area contributed by atoms with Crippen LogP contribution in [0.4, 0.5) is 0 Å². The van der Waals surface area contributed by atoms with Crippen molar-refractivity contribution in [2.45, 2.75) is 5.92 Å². The zero-order valence-corrected chi connectivity index (χ0v) is 9.26. The smallest absolute Gasteiger partial charge is 0.319 e. The number of hydrogen-bond acceptors (Lipinski definition) is 2. The highest BCUT2D eigenvalue weighted by atomic mass is 35.5. The maximum absolute atomic E-state index is 11.6. The Balaban J connectivity index is 2.45. The Morgan fingerprint density at radius 3 is 2.67 bits per heavy atom. The van der Waals surface area contributed by atoms with Crippen LogP contribution in [0.5, 0.6) is 0 Å². The van der Waals surface area contributed by atoms with Gasteiger partial charge in [-0.3, -0.25) is 4.79 Å². The van der Waals surface area contributed by atoms with Crippen molar-refractivity contribution in [3.63, 3.8) is 0 Å². The van der Waals surface area contributed by atoms with Gasteiger partial charge in [0.1, 0.15) is 12.5 Å². The SMILES string of the molecule is O=C1OCC=C(Cl)C1c1ccccc1Cl. The van der Waals surface area contributed by atoms with E-state index < -0.39 is 5.92 Å². The van der Waals surface area contributed by atoms with Crippen LogP contribution in [0.25, 0.3) is 0 Å². The molecule has 0 amide bonds. The lowest BCUT2D eigenvalue weighted by Crippen LogP contribution is -2.21. The molecule has 0 spiro atoms. The Labute approximate surface area is 97.4 Å². The summed E-state index contributed by atoms with van der Waals surface area (Å²) in [5, 5.41) is 0.993. The van der Waals surface area contributed by atoms with Crippen LogP contribution in [0.15, 0.2) is 35.4 Å². The maximum Gasteiger partial charge on any atom is 0.319 e. The highest BCUT2D eigenvalue weighted by Gasteiger charge is 2.29. The molecule has 4 heteroatoms. The van der Waals surface area contributed by atoms with E-state index >= 15 is 0 Å². The topological polar surface area (TPSA) is 26.3 Å². The predicted octanol–water partition coefficient (Wildman–Crippen LogP) is 3.10. The summed E-state index contributed by atoms with van der Waals surface area (Å²) in [6.07, 6.45) is 1.68. The molecule has 0 fully saturated rings. The van der Waals surface area contributed by atoms with Crippen LogP contribution >= 0.6 is 23.2 Å². The molecule has 1 atom stereocenters. The van der Waals surface area contributed by atoms with Crippen molar-refractivity contribution in [2.75, 3.05) is 6.61 Å². The van der Waals surface area contributed by atoms with Gasteiger partial charge in [0.15, 0.2) is 0 Å². The molecule has 0 bridgehead atoms. The average molecular weight is 243 g/mol. The standard InChI is InChI=1S/C11H8Cl2O2/c12-8-4-2-1-3-7(8)10-9(13)5-6-15-11(10)14/h1-5,10H,6H2. The minimum absolute atomic E-state index is 0.235. The molecule has 0 saturated carbocycles. The van der Waals surface area contributed by atoms with E-state index in [1.165, 1.54) is 0 Å². The molecule has 0 aliphatic carbocycles. The first-order chi connectivity index (χ1) is 7.20. The number of halogens is 2. The quantitative estimate of drug-likeness (QED) is 0.708. The molecule has 0 saturated heterocycles. The van der Waals surface area contributed by atoms with Crippen molar-refractivity contribution in [1.82, 2.24) is 0 Å². The molecule has 1 aliphatic rings. The Bertz CT molecular complexity index is 426. The molecule has 78 valence electrons. The van der Waals surface area contributed by atoms with Crippen molar-refractivity contribution in [2.24, 2.45) is 0 Å². The summed E-state index contributed by atoms with van der Waals surface area (Å²) in [7, 11) is 0. The predicted molar refractivity (Wildman–Crippen MR) is 59.1 cm³/mol. The molecule has 2 rings (SSSR count). The molecule has 1 aliphatic heterocycles. The Morgan fingerprint density at radius 2 is 2.00 bits per heavy atom. The molecular formula is C11H8Cl2O2. The van der Waals surface area contributed by atoms with Gasteiger partial charge in [-0.25, -0.2) is 0 Å². The molecular weight excluding hydrogens is 235 g/mol. The second kappa shape index (κ2) is 4.25. The van der Waals surface area contributed by atoms with Crippen molar-refractivity contribution >= 4 is 29.2 Å². The second-order valence-corrected chi connectivity index (χ2v) is 4.02. The van der Waals surface area contributed by atoms with Crippen molar-refractivity contribution in [3.05, 3.63) is 46.0 Å². The summed E-state index contributed by atoms with van der Waals surface area (Å²) in [6.45, 7) is 0.235. The number of benzene rings is 1. The van der Waals surface area contributed by atoms with Crippen LogP contribution < -0.4 is 0 Å². The number of rotatable bonds is 1. The summed E-state index contributed by atoms with van der Waals surface area (Å²) in [5.41, 5.74) is 0.685. The molecule has 1 heterocycles. The molecule has 2 nitrogen and oxygen atoms in total. The largest absolute Gasteiger partial charge is 0.461 e. The highest BCUT2D eigenvalue weighted by molar-refractivity contribution is 6.34. The van der Waals surface area contributed by atoms with Crippen LogP contribution in [-0.2, 0) is 9.53 Å².